The first-order valence-corrected chi connectivity index (χ1v) is 19.8. The van der Waals surface area contributed by atoms with Gasteiger partial charge in [0.1, 0.15) is 67.3 Å². The molecular formula is C36H64N6O18. The number of hydrogen-bond acceptors (Lipinski definition) is 19. The third kappa shape index (κ3) is 18.6. The molecule has 11 unspecified atom stereocenters. The van der Waals surface area contributed by atoms with Crippen LogP contribution in [0.1, 0.15) is 47.0 Å². The highest BCUT2D eigenvalue weighted by Gasteiger charge is 2.46. The lowest BCUT2D eigenvalue weighted by molar-refractivity contribution is -0.272. The zero-order valence-electron chi connectivity index (χ0n) is 34.4. The topological polar surface area (TPSA) is 351 Å². The van der Waals surface area contributed by atoms with Crippen LogP contribution < -0.4 is 31.9 Å². The molecule has 346 valence electrons. The van der Waals surface area contributed by atoms with Crippen LogP contribution in [-0.4, -0.2) is 206 Å². The van der Waals surface area contributed by atoms with E-state index in [0.717, 1.165) is 0 Å². The van der Waals surface area contributed by atoms with E-state index in [9.17, 15) is 59.4 Å². The quantitative estimate of drug-likeness (QED) is 0.0257. The van der Waals surface area contributed by atoms with Gasteiger partial charge < -0.3 is 85.6 Å². The highest BCUT2D eigenvalue weighted by Crippen LogP contribution is 2.23. The number of hydrogen-bond donors (Lipinski definition) is 12. The standard InChI is InChI=1S/C36H64N6O18/c1-19(2)23(47)6-5-7-26(48)39-14-22(34(54)40-18-56-11-13-58-36-29(42-21(4)46)33(53)31(51)25(17-44)60-36)38-15-27(49)37-8-9-55-10-12-57-35-28(41-20(3)45)32(52)30(50)24(16-43)59-35/h19,22,24-25,28-33,35-36,38,43-44,50-53H,5-18H2,1-4H3,(H,37,49)(H,39,48)(H,40,54)(H,41,45)(H,42,46). The SMILES string of the molecule is CC(=O)NC1C(OCCOCCNC(=O)CNC(CNC(=O)CCCC(=O)C(C)C)C(=O)NCOCCOC2OC(CO)C(O)C(O)C2NC(C)=O)OC(CO)C(O)C1O. The van der Waals surface area contributed by atoms with E-state index in [1.165, 1.54) is 13.8 Å². The highest BCUT2D eigenvalue weighted by molar-refractivity contribution is 5.85. The van der Waals surface area contributed by atoms with E-state index in [4.69, 9.17) is 28.4 Å². The van der Waals surface area contributed by atoms with Gasteiger partial charge in [0, 0.05) is 45.7 Å². The molecule has 24 heteroatoms. The van der Waals surface area contributed by atoms with Crippen LogP contribution in [-0.2, 0) is 57.2 Å². The van der Waals surface area contributed by atoms with Gasteiger partial charge >= 0.3 is 0 Å². The van der Waals surface area contributed by atoms with Crippen molar-refractivity contribution >= 4 is 35.3 Å². The summed E-state index contributed by atoms with van der Waals surface area (Å²) in [5, 5.41) is 75.3. The van der Waals surface area contributed by atoms with Crippen LogP contribution in [0.2, 0.25) is 0 Å². The number of ketones is 1. The molecule has 2 fully saturated rings. The molecule has 0 bridgehead atoms. The molecule has 2 rings (SSSR count). The summed E-state index contributed by atoms with van der Waals surface area (Å²) < 4.78 is 32.9. The molecule has 0 aromatic rings. The van der Waals surface area contributed by atoms with E-state index in [1.54, 1.807) is 13.8 Å². The number of amides is 5. The normalized spacial score (nSPS) is 27.1. The predicted molar refractivity (Wildman–Crippen MR) is 204 cm³/mol. The number of carbonyl (C=O) groups excluding carboxylic acids is 6. The molecule has 2 aliphatic rings. The zero-order chi connectivity index (χ0) is 44.8. The molecule has 0 saturated carbocycles. The summed E-state index contributed by atoms with van der Waals surface area (Å²) in [4.78, 5) is 73.2. The largest absolute Gasteiger partial charge is 0.394 e. The lowest BCUT2D eigenvalue weighted by Gasteiger charge is -2.42. The minimum absolute atomic E-state index is 0.00831. The fourth-order valence-electron chi connectivity index (χ4n) is 5.91. The number of ether oxygens (including phenoxy) is 6. The molecule has 12 N–H and O–H groups in total. The average molecular weight is 869 g/mol. The van der Waals surface area contributed by atoms with E-state index in [0.29, 0.717) is 6.42 Å². The second kappa shape index (κ2) is 28.2. The Hall–Kier alpha value is -3.50. The Balaban J connectivity index is 1.81. The molecule has 60 heavy (non-hydrogen) atoms. The van der Waals surface area contributed by atoms with Crippen molar-refractivity contribution in [3.05, 3.63) is 0 Å². The Kier molecular flexibility index (Phi) is 24.7. The Morgan fingerprint density at radius 2 is 1.18 bits per heavy atom. The first-order valence-electron chi connectivity index (χ1n) is 19.8. The molecule has 11 atom stereocenters. The maximum atomic E-state index is 13.1. The first-order chi connectivity index (χ1) is 28.5. The number of carbonyl (C=O) groups is 6. The van der Waals surface area contributed by atoms with Crippen molar-refractivity contribution in [2.45, 2.75) is 114 Å². The van der Waals surface area contributed by atoms with Crippen molar-refractivity contribution < 1.29 is 87.8 Å². The molecule has 24 nitrogen and oxygen atoms in total. The Morgan fingerprint density at radius 3 is 1.68 bits per heavy atom. The van der Waals surface area contributed by atoms with Crippen LogP contribution in [0.15, 0.2) is 0 Å². The van der Waals surface area contributed by atoms with Crippen LogP contribution in [0.5, 0.6) is 0 Å². The molecule has 0 aromatic heterocycles. The van der Waals surface area contributed by atoms with Gasteiger partial charge in [-0.15, -0.1) is 0 Å². The zero-order valence-corrected chi connectivity index (χ0v) is 34.4. The third-order valence-corrected chi connectivity index (χ3v) is 9.24. The van der Waals surface area contributed by atoms with Crippen LogP contribution in [0.25, 0.3) is 0 Å². The maximum Gasteiger partial charge on any atom is 0.240 e. The highest BCUT2D eigenvalue weighted by atomic mass is 16.7. The van der Waals surface area contributed by atoms with Crippen LogP contribution in [0.3, 0.4) is 0 Å². The van der Waals surface area contributed by atoms with Gasteiger partial charge in [0.15, 0.2) is 12.6 Å². The molecule has 2 heterocycles. The van der Waals surface area contributed by atoms with Crippen molar-refractivity contribution in [2.75, 3.05) is 72.6 Å². The van der Waals surface area contributed by atoms with Crippen LogP contribution >= 0.6 is 0 Å². The van der Waals surface area contributed by atoms with Gasteiger partial charge in [0.25, 0.3) is 0 Å². The molecule has 0 spiro atoms. The minimum atomic E-state index is -1.50. The van der Waals surface area contributed by atoms with Crippen molar-refractivity contribution in [2.24, 2.45) is 5.92 Å². The lowest BCUT2D eigenvalue weighted by Crippen LogP contribution is -2.64. The van der Waals surface area contributed by atoms with Gasteiger partial charge in [0.2, 0.25) is 29.5 Å². The van der Waals surface area contributed by atoms with E-state index in [2.05, 4.69) is 31.9 Å². The number of nitrogens with one attached hydrogen (secondary N) is 6. The van der Waals surface area contributed by atoms with E-state index < -0.39 is 110 Å². The predicted octanol–water partition coefficient (Wildman–Crippen LogP) is -6.40. The number of rotatable bonds is 28. The molecular weight excluding hydrogens is 804 g/mol. The summed E-state index contributed by atoms with van der Waals surface area (Å²) in [6.07, 6.45) is -10.1. The summed E-state index contributed by atoms with van der Waals surface area (Å²) in [6.45, 7) is 3.62. The molecule has 2 saturated heterocycles. The fraction of sp³-hybridized carbons (Fsp3) is 0.833. The van der Waals surface area contributed by atoms with Crippen LogP contribution in [0.4, 0.5) is 0 Å². The molecule has 0 aliphatic carbocycles. The molecule has 5 amide bonds. The van der Waals surface area contributed by atoms with E-state index >= 15 is 0 Å². The van der Waals surface area contributed by atoms with Crippen molar-refractivity contribution in [1.29, 1.82) is 0 Å². The van der Waals surface area contributed by atoms with Crippen molar-refractivity contribution in [3.63, 3.8) is 0 Å². The van der Waals surface area contributed by atoms with E-state index in [1.807, 2.05) is 0 Å². The van der Waals surface area contributed by atoms with Crippen molar-refractivity contribution in [3.8, 4) is 0 Å². The third-order valence-electron chi connectivity index (χ3n) is 9.24. The average Bonchev–Trinajstić information content (AvgIpc) is 3.20. The smallest absolute Gasteiger partial charge is 0.240 e. The number of aliphatic hydroxyl groups is 6. The molecule has 2 aliphatic heterocycles. The number of Topliss-reactive ketones (excluding diaryl/α,β-unsaturated/α-hetero) is 1. The Labute approximate surface area is 347 Å². The van der Waals surface area contributed by atoms with Gasteiger partial charge in [-0.3, -0.25) is 34.1 Å². The van der Waals surface area contributed by atoms with Gasteiger partial charge in [-0.2, -0.15) is 0 Å². The van der Waals surface area contributed by atoms with E-state index in [-0.39, 0.29) is 83.9 Å². The van der Waals surface area contributed by atoms with Gasteiger partial charge in [-0.1, -0.05) is 13.8 Å². The maximum absolute atomic E-state index is 13.1. The van der Waals surface area contributed by atoms with Gasteiger partial charge in [-0.05, 0) is 6.42 Å². The first kappa shape index (κ1) is 52.6. The minimum Gasteiger partial charge on any atom is -0.394 e. The van der Waals surface area contributed by atoms with Gasteiger partial charge in [-0.25, -0.2) is 0 Å². The number of aliphatic hydroxyl groups excluding tert-OH is 6. The Bertz CT molecular complexity index is 1350. The fourth-order valence-corrected chi connectivity index (χ4v) is 5.91. The van der Waals surface area contributed by atoms with Crippen LogP contribution in [0, 0.1) is 5.92 Å². The van der Waals surface area contributed by atoms with Crippen molar-refractivity contribution in [1.82, 2.24) is 31.9 Å². The molecule has 0 radical (unpaired) electrons. The summed E-state index contributed by atoms with van der Waals surface area (Å²) in [6, 6.07) is -3.36. The summed E-state index contributed by atoms with van der Waals surface area (Å²) in [7, 11) is 0. The lowest BCUT2D eigenvalue weighted by atomic mass is 9.97. The monoisotopic (exact) mass is 868 g/mol. The second-order valence-corrected chi connectivity index (χ2v) is 14.4. The summed E-state index contributed by atoms with van der Waals surface area (Å²) in [5.41, 5.74) is 0. The second-order valence-electron chi connectivity index (χ2n) is 14.4. The molecule has 0 aromatic carbocycles. The Morgan fingerprint density at radius 1 is 0.650 bits per heavy atom. The summed E-state index contributed by atoms with van der Waals surface area (Å²) >= 11 is 0. The van der Waals surface area contributed by atoms with Gasteiger partial charge in [0.05, 0.1) is 52.8 Å². The summed E-state index contributed by atoms with van der Waals surface area (Å²) in [5.74, 6) is -2.72.